The van der Waals surface area contributed by atoms with E-state index in [1.807, 2.05) is 34.9 Å². The minimum absolute atomic E-state index is 0.261. The number of aromatic nitrogens is 2. The van der Waals surface area contributed by atoms with Crippen molar-refractivity contribution in [2.24, 2.45) is 7.05 Å². The molecule has 1 heterocycles. The molecule has 19 heavy (non-hydrogen) atoms. The van der Waals surface area contributed by atoms with Gasteiger partial charge in [-0.15, -0.1) is 5.73 Å². The zero-order valence-electron chi connectivity index (χ0n) is 10.9. The van der Waals surface area contributed by atoms with Crippen LogP contribution < -0.4 is 4.57 Å². The minimum Gasteiger partial charge on any atom is -0.459 e. The molecule has 1 aromatic heterocycles. The van der Waals surface area contributed by atoms with Gasteiger partial charge >= 0.3 is 5.97 Å². The molecular formula is C14H17N2O3+. The first-order valence-electron chi connectivity index (χ1n) is 6.15. The maximum Gasteiger partial charge on any atom is 0.346 e. The number of imidazole rings is 1. The van der Waals surface area contributed by atoms with Crippen LogP contribution in [0.15, 0.2) is 48.3 Å². The fourth-order valence-electron chi connectivity index (χ4n) is 1.63. The standard InChI is InChI=1S/C14H17N2O3/c1-15-6-7-16(12-15)8-9-18-10-11-19-14(17)13-4-2-3-5-13/h2-4,6-7,12H,8-11H2,1H3/q+1. The Hall–Kier alpha value is -2.10. The summed E-state index contributed by atoms with van der Waals surface area (Å²) in [5.41, 5.74) is 3.25. The smallest absolute Gasteiger partial charge is 0.346 e. The largest absolute Gasteiger partial charge is 0.459 e. The Bertz CT molecular complexity index is 537. The highest BCUT2D eigenvalue weighted by Gasteiger charge is 2.08. The minimum atomic E-state index is -0.356. The number of hydrogen-bond acceptors (Lipinski definition) is 3. The molecule has 1 aromatic rings. The molecule has 0 saturated heterocycles. The van der Waals surface area contributed by atoms with E-state index in [4.69, 9.17) is 9.47 Å². The molecule has 0 atom stereocenters. The van der Waals surface area contributed by atoms with Crippen LogP contribution in [0.1, 0.15) is 0 Å². The number of hydrogen-bond donors (Lipinski definition) is 0. The molecule has 0 aliphatic heterocycles. The Morgan fingerprint density at radius 1 is 1.42 bits per heavy atom. The molecular weight excluding hydrogens is 244 g/mol. The van der Waals surface area contributed by atoms with Crippen molar-refractivity contribution < 1.29 is 18.8 Å². The van der Waals surface area contributed by atoms with Crippen molar-refractivity contribution in [3.8, 4) is 0 Å². The molecule has 100 valence electrons. The van der Waals surface area contributed by atoms with Gasteiger partial charge in [0.25, 0.3) is 0 Å². The summed E-state index contributed by atoms with van der Waals surface area (Å²) in [4.78, 5) is 11.4. The molecule has 0 aromatic carbocycles. The summed E-state index contributed by atoms with van der Waals surface area (Å²) in [7, 11) is 1.97. The third kappa shape index (κ3) is 4.25. The van der Waals surface area contributed by atoms with Crippen molar-refractivity contribution in [1.82, 2.24) is 4.57 Å². The second-order valence-electron chi connectivity index (χ2n) is 4.15. The van der Waals surface area contributed by atoms with Crippen molar-refractivity contribution in [3.05, 3.63) is 48.3 Å². The number of carbonyl (C=O) groups is 1. The Morgan fingerprint density at radius 2 is 2.32 bits per heavy atom. The second-order valence-corrected chi connectivity index (χ2v) is 4.15. The molecule has 0 N–H and O–H groups in total. The first-order valence-corrected chi connectivity index (χ1v) is 6.15. The van der Waals surface area contributed by atoms with Gasteiger partial charge in [0.05, 0.1) is 20.3 Å². The van der Waals surface area contributed by atoms with Crippen LogP contribution >= 0.6 is 0 Å². The maximum absolute atomic E-state index is 11.4. The average molecular weight is 261 g/mol. The van der Waals surface area contributed by atoms with E-state index in [-0.39, 0.29) is 12.6 Å². The molecule has 0 radical (unpaired) electrons. The lowest BCUT2D eigenvalue weighted by atomic mass is 10.3. The molecule has 0 amide bonds. The normalized spacial score (nSPS) is 12.8. The highest BCUT2D eigenvalue weighted by molar-refractivity contribution is 5.92. The first kappa shape index (κ1) is 13.3. The van der Waals surface area contributed by atoms with Gasteiger partial charge in [-0.2, -0.15) is 0 Å². The van der Waals surface area contributed by atoms with Crippen LogP contribution in [0.25, 0.3) is 0 Å². The lowest BCUT2D eigenvalue weighted by Crippen LogP contribution is -2.24. The predicted molar refractivity (Wildman–Crippen MR) is 68.1 cm³/mol. The van der Waals surface area contributed by atoms with Gasteiger partial charge in [-0.3, -0.25) is 0 Å². The average Bonchev–Trinajstić information content (AvgIpc) is 3.04. The van der Waals surface area contributed by atoms with Gasteiger partial charge in [0.2, 0.25) is 6.33 Å². The first-order chi connectivity index (χ1) is 9.25. The van der Waals surface area contributed by atoms with Gasteiger partial charge in [-0.25, -0.2) is 13.9 Å². The molecule has 2 rings (SSSR count). The predicted octanol–water partition coefficient (Wildman–Crippen LogP) is 0.524. The lowest BCUT2D eigenvalue weighted by molar-refractivity contribution is -0.671. The molecule has 1 aliphatic rings. The summed E-state index contributed by atoms with van der Waals surface area (Å²) in [6.45, 7) is 2.04. The van der Waals surface area contributed by atoms with Gasteiger partial charge in [0, 0.05) is 0 Å². The zero-order valence-corrected chi connectivity index (χ0v) is 10.9. The summed E-state index contributed by atoms with van der Waals surface area (Å²) in [5, 5.41) is 0. The number of esters is 1. The van der Waals surface area contributed by atoms with Crippen LogP contribution in [0.2, 0.25) is 0 Å². The Morgan fingerprint density at radius 3 is 3.00 bits per heavy atom. The highest BCUT2D eigenvalue weighted by Crippen LogP contribution is 2.03. The van der Waals surface area contributed by atoms with Crippen molar-refractivity contribution >= 4 is 5.97 Å². The van der Waals surface area contributed by atoms with Crippen LogP contribution in [-0.4, -0.2) is 30.4 Å². The number of nitrogens with zero attached hydrogens (tertiary/aromatic N) is 2. The van der Waals surface area contributed by atoms with Crippen molar-refractivity contribution in [3.63, 3.8) is 0 Å². The van der Waals surface area contributed by atoms with Gasteiger partial charge in [0.1, 0.15) is 31.1 Å². The highest BCUT2D eigenvalue weighted by atomic mass is 16.6. The fourth-order valence-corrected chi connectivity index (χ4v) is 1.63. The van der Waals surface area contributed by atoms with Crippen LogP contribution in [-0.2, 0) is 27.9 Å². The van der Waals surface area contributed by atoms with Crippen LogP contribution in [0, 0.1) is 0 Å². The molecule has 5 heteroatoms. The molecule has 0 fully saturated rings. The van der Waals surface area contributed by atoms with Crippen LogP contribution in [0.4, 0.5) is 0 Å². The SMILES string of the molecule is C[n+]1ccn(CCOCCOC(=O)C2=C=CC=C2)c1. The van der Waals surface area contributed by atoms with Crippen molar-refractivity contribution in [1.29, 1.82) is 0 Å². The van der Waals surface area contributed by atoms with Crippen LogP contribution in [0.5, 0.6) is 0 Å². The number of ether oxygens (including phenoxy) is 2. The van der Waals surface area contributed by atoms with Gasteiger partial charge in [-0.1, -0.05) is 6.08 Å². The molecule has 0 spiro atoms. The second kappa shape index (κ2) is 6.73. The van der Waals surface area contributed by atoms with E-state index in [1.165, 1.54) is 0 Å². The third-order valence-electron chi connectivity index (χ3n) is 2.60. The van der Waals surface area contributed by atoms with Gasteiger partial charge in [-0.05, 0) is 12.2 Å². The van der Waals surface area contributed by atoms with Crippen LogP contribution in [0.3, 0.4) is 0 Å². The van der Waals surface area contributed by atoms with E-state index in [2.05, 4.69) is 5.73 Å². The van der Waals surface area contributed by atoms with Gasteiger partial charge < -0.3 is 9.47 Å². The van der Waals surface area contributed by atoms with E-state index in [1.54, 1.807) is 18.2 Å². The molecule has 1 aliphatic carbocycles. The number of aryl methyl sites for hydroxylation is 1. The van der Waals surface area contributed by atoms with Crippen molar-refractivity contribution in [2.45, 2.75) is 6.54 Å². The quantitative estimate of drug-likeness (QED) is 0.311. The maximum atomic E-state index is 11.4. The Kier molecular flexibility index (Phi) is 4.72. The monoisotopic (exact) mass is 261 g/mol. The molecule has 0 unspecified atom stereocenters. The fraction of sp³-hybridized carbons (Fsp3) is 0.357. The molecule has 0 bridgehead atoms. The topological polar surface area (TPSA) is 44.3 Å². The summed E-state index contributed by atoms with van der Waals surface area (Å²) in [6.07, 6.45) is 11.0. The lowest BCUT2D eigenvalue weighted by Gasteiger charge is -2.04. The summed E-state index contributed by atoms with van der Waals surface area (Å²) >= 11 is 0. The van der Waals surface area contributed by atoms with E-state index in [9.17, 15) is 4.79 Å². The number of rotatable bonds is 7. The van der Waals surface area contributed by atoms with Gasteiger partial charge in [0.15, 0.2) is 0 Å². The third-order valence-corrected chi connectivity index (χ3v) is 2.60. The van der Waals surface area contributed by atoms with E-state index in [0.717, 1.165) is 6.54 Å². The number of carbonyl (C=O) groups excluding carboxylic acids is 1. The van der Waals surface area contributed by atoms with E-state index >= 15 is 0 Å². The summed E-state index contributed by atoms with van der Waals surface area (Å²) < 4.78 is 14.4. The van der Waals surface area contributed by atoms with E-state index < -0.39 is 0 Å². The zero-order chi connectivity index (χ0) is 13.5. The Balaban J connectivity index is 1.54. The summed E-state index contributed by atoms with van der Waals surface area (Å²) in [6, 6.07) is 0. The molecule has 5 nitrogen and oxygen atoms in total. The molecule has 0 saturated carbocycles. The summed E-state index contributed by atoms with van der Waals surface area (Å²) in [5.74, 6) is -0.356. The number of allylic oxidation sites excluding steroid dienone is 1. The van der Waals surface area contributed by atoms with E-state index in [0.29, 0.717) is 18.8 Å². The van der Waals surface area contributed by atoms with Crippen molar-refractivity contribution in [2.75, 3.05) is 19.8 Å². The Labute approximate surface area is 112 Å².